The summed E-state index contributed by atoms with van der Waals surface area (Å²) >= 11 is 1.45. The van der Waals surface area contributed by atoms with Crippen LogP contribution >= 0.6 is 11.8 Å². The number of hydrogen-bond donors (Lipinski definition) is 1. The Labute approximate surface area is 136 Å². The molecule has 0 unspecified atom stereocenters. The Morgan fingerprint density at radius 1 is 1.18 bits per heavy atom. The fourth-order valence-electron chi connectivity index (χ4n) is 2.67. The van der Waals surface area contributed by atoms with Crippen LogP contribution < -0.4 is 5.32 Å². The van der Waals surface area contributed by atoms with Crippen LogP contribution in [0.25, 0.3) is 0 Å². The van der Waals surface area contributed by atoms with Gasteiger partial charge in [0, 0.05) is 4.90 Å². The van der Waals surface area contributed by atoms with Gasteiger partial charge in [-0.05, 0) is 38.1 Å². The molecule has 5 heteroatoms. The summed E-state index contributed by atoms with van der Waals surface area (Å²) in [6, 6.07) is 9.78. The van der Waals surface area contributed by atoms with Crippen LogP contribution in [0.2, 0.25) is 0 Å². The van der Waals surface area contributed by atoms with Crippen molar-refractivity contribution >= 4 is 23.4 Å². The highest BCUT2D eigenvalue weighted by atomic mass is 32.2. The molecule has 1 heterocycles. The van der Waals surface area contributed by atoms with Gasteiger partial charge in [-0.2, -0.15) is 5.26 Å². The zero-order valence-corrected chi connectivity index (χ0v) is 13.7. The maximum atomic E-state index is 12.3. The Kier molecular flexibility index (Phi) is 7.27. The molecule has 1 aliphatic rings. The summed E-state index contributed by atoms with van der Waals surface area (Å²) in [5.41, 5.74) is 0.805. The number of para-hydroxylation sites is 1. The van der Waals surface area contributed by atoms with Crippen molar-refractivity contribution in [3.05, 3.63) is 24.3 Å². The molecule has 22 heavy (non-hydrogen) atoms. The SMILES string of the molecule is N#CCSc1ccccc1NC(=O)CN1CCCCCCC1. The zero-order chi connectivity index (χ0) is 15.6. The lowest BCUT2D eigenvalue weighted by Crippen LogP contribution is -2.35. The molecule has 0 bridgehead atoms. The number of nitrogens with one attached hydrogen (secondary N) is 1. The summed E-state index contributed by atoms with van der Waals surface area (Å²) in [5.74, 6) is 0.421. The summed E-state index contributed by atoms with van der Waals surface area (Å²) in [5, 5.41) is 11.7. The van der Waals surface area contributed by atoms with Crippen LogP contribution in [0, 0.1) is 11.3 Å². The van der Waals surface area contributed by atoms with Crippen LogP contribution in [0.3, 0.4) is 0 Å². The summed E-state index contributed by atoms with van der Waals surface area (Å²) in [6.07, 6.45) is 6.23. The number of amides is 1. The molecule has 0 aliphatic carbocycles. The van der Waals surface area contributed by atoms with Gasteiger partial charge in [-0.25, -0.2) is 0 Å². The number of rotatable bonds is 5. The van der Waals surface area contributed by atoms with E-state index in [-0.39, 0.29) is 5.91 Å². The van der Waals surface area contributed by atoms with Gasteiger partial charge in [0.25, 0.3) is 0 Å². The minimum Gasteiger partial charge on any atom is -0.324 e. The van der Waals surface area contributed by atoms with Gasteiger partial charge in [0.05, 0.1) is 24.1 Å². The summed E-state index contributed by atoms with van der Waals surface area (Å²) in [7, 11) is 0. The van der Waals surface area contributed by atoms with Crippen LogP contribution in [-0.4, -0.2) is 36.2 Å². The van der Waals surface area contributed by atoms with Crippen molar-refractivity contribution in [3.8, 4) is 6.07 Å². The van der Waals surface area contributed by atoms with Crippen molar-refractivity contribution in [1.82, 2.24) is 4.90 Å². The smallest absolute Gasteiger partial charge is 0.238 e. The van der Waals surface area contributed by atoms with Gasteiger partial charge in [0.15, 0.2) is 0 Å². The second kappa shape index (κ2) is 9.50. The van der Waals surface area contributed by atoms with E-state index < -0.39 is 0 Å². The van der Waals surface area contributed by atoms with Gasteiger partial charge in [-0.15, -0.1) is 11.8 Å². The van der Waals surface area contributed by atoms with Crippen molar-refractivity contribution in [2.75, 3.05) is 30.7 Å². The van der Waals surface area contributed by atoms with Crippen molar-refractivity contribution in [2.24, 2.45) is 0 Å². The number of nitrogens with zero attached hydrogens (tertiary/aromatic N) is 2. The molecular weight excluding hydrogens is 294 g/mol. The number of anilines is 1. The first-order valence-electron chi connectivity index (χ1n) is 7.90. The summed E-state index contributed by atoms with van der Waals surface area (Å²) in [4.78, 5) is 15.5. The first kappa shape index (κ1) is 16.9. The maximum Gasteiger partial charge on any atom is 0.238 e. The van der Waals surface area contributed by atoms with Crippen molar-refractivity contribution in [2.45, 2.75) is 37.0 Å². The quantitative estimate of drug-likeness (QED) is 0.844. The van der Waals surface area contributed by atoms with E-state index in [1.54, 1.807) is 0 Å². The van der Waals surface area contributed by atoms with Gasteiger partial charge < -0.3 is 5.32 Å². The fraction of sp³-hybridized carbons (Fsp3) is 0.529. The van der Waals surface area contributed by atoms with Crippen LogP contribution in [0.5, 0.6) is 0 Å². The molecule has 1 N–H and O–H groups in total. The minimum absolute atomic E-state index is 0.0329. The van der Waals surface area contributed by atoms with E-state index in [1.807, 2.05) is 24.3 Å². The lowest BCUT2D eigenvalue weighted by Gasteiger charge is -2.24. The second-order valence-corrected chi connectivity index (χ2v) is 6.55. The van der Waals surface area contributed by atoms with Crippen molar-refractivity contribution < 1.29 is 4.79 Å². The standard InChI is InChI=1S/C17H23N3OS/c18-10-13-22-16-9-5-4-8-15(16)19-17(21)14-20-11-6-2-1-3-7-12-20/h4-5,8-9H,1-3,6-7,11-14H2,(H,19,21). The average Bonchev–Trinajstić information content (AvgIpc) is 2.49. The van der Waals surface area contributed by atoms with Gasteiger partial charge in [0.1, 0.15) is 0 Å². The van der Waals surface area contributed by atoms with E-state index in [0.29, 0.717) is 12.3 Å². The maximum absolute atomic E-state index is 12.3. The van der Waals surface area contributed by atoms with Crippen molar-refractivity contribution in [3.63, 3.8) is 0 Å². The highest BCUT2D eigenvalue weighted by Gasteiger charge is 2.13. The molecule has 1 saturated heterocycles. The topological polar surface area (TPSA) is 56.1 Å². The van der Waals surface area contributed by atoms with E-state index >= 15 is 0 Å². The molecule has 0 radical (unpaired) electrons. The second-order valence-electron chi connectivity index (χ2n) is 5.54. The van der Waals surface area contributed by atoms with Crippen LogP contribution in [-0.2, 0) is 4.79 Å². The molecule has 1 fully saturated rings. The predicted molar refractivity (Wildman–Crippen MR) is 90.9 cm³/mol. The van der Waals surface area contributed by atoms with Gasteiger partial charge in [-0.1, -0.05) is 31.4 Å². The molecule has 1 aromatic carbocycles. The third-order valence-corrected chi connectivity index (χ3v) is 4.71. The van der Waals surface area contributed by atoms with E-state index in [2.05, 4.69) is 16.3 Å². The Hall–Kier alpha value is -1.51. The van der Waals surface area contributed by atoms with E-state index in [0.717, 1.165) is 23.7 Å². The number of benzene rings is 1. The van der Waals surface area contributed by atoms with E-state index in [4.69, 9.17) is 5.26 Å². The van der Waals surface area contributed by atoms with Gasteiger partial charge >= 0.3 is 0 Å². The number of nitriles is 1. The van der Waals surface area contributed by atoms with Crippen LogP contribution in [0.15, 0.2) is 29.2 Å². The molecule has 1 amide bonds. The molecule has 1 aromatic rings. The van der Waals surface area contributed by atoms with E-state index in [9.17, 15) is 4.79 Å². The molecule has 4 nitrogen and oxygen atoms in total. The minimum atomic E-state index is 0.0329. The third kappa shape index (κ3) is 5.70. The largest absolute Gasteiger partial charge is 0.324 e. The fourth-order valence-corrected chi connectivity index (χ4v) is 3.34. The predicted octanol–water partition coefficient (Wildman–Crippen LogP) is 3.51. The molecule has 0 saturated carbocycles. The van der Waals surface area contributed by atoms with Crippen LogP contribution in [0.1, 0.15) is 32.1 Å². The molecular formula is C17H23N3OS. The Morgan fingerprint density at radius 2 is 1.86 bits per heavy atom. The molecule has 1 aliphatic heterocycles. The summed E-state index contributed by atoms with van der Waals surface area (Å²) in [6.45, 7) is 2.48. The van der Waals surface area contributed by atoms with E-state index in [1.165, 1.54) is 43.9 Å². The number of hydrogen-bond acceptors (Lipinski definition) is 4. The van der Waals surface area contributed by atoms with Gasteiger partial charge in [-0.3, -0.25) is 9.69 Å². The average molecular weight is 317 g/mol. The Morgan fingerprint density at radius 3 is 2.59 bits per heavy atom. The van der Waals surface area contributed by atoms with Crippen molar-refractivity contribution in [1.29, 1.82) is 5.26 Å². The first-order valence-corrected chi connectivity index (χ1v) is 8.89. The molecule has 118 valence electrons. The summed E-state index contributed by atoms with van der Waals surface area (Å²) < 4.78 is 0. The lowest BCUT2D eigenvalue weighted by molar-refractivity contribution is -0.117. The number of carbonyl (C=O) groups excluding carboxylic acids is 1. The first-order chi connectivity index (χ1) is 10.8. The van der Waals surface area contributed by atoms with Gasteiger partial charge in [0.2, 0.25) is 5.91 Å². The molecule has 2 rings (SSSR count). The number of carbonyl (C=O) groups is 1. The normalized spacial score (nSPS) is 16.3. The number of thioether (sulfide) groups is 1. The Balaban J connectivity index is 1.89. The third-order valence-electron chi connectivity index (χ3n) is 3.77. The molecule has 0 aromatic heterocycles. The van der Waals surface area contributed by atoms with Crippen LogP contribution in [0.4, 0.5) is 5.69 Å². The zero-order valence-electron chi connectivity index (χ0n) is 12.9. The lowest BCUT2D eigenvalue weighted by atomic mass is 10.1. The monoisotopic (exact) mass is 317 g/mol. The highest BCUT2D eigenvalue weighted by molar-refractivity contribution is 7.99. The molecule has 0 atom stereocenters. The highest BCUT2D eigenvalue weighted by Crippen LogP contribution is 2.26. The number of likely N-dealkylation sites (tertiary alicyclic amines) is 1. The molecule has 0 spiro atoms. The Bertz CT molecular complexity index is 519.